The Balaban J connectivity index is 2.22. The summed E-state index contributed by atoms with van der Waals surface area (Å²) in [6.45, 7) is 2.88. The average molecular weight is 242 g/mol. The van der Waals surface area contributed by atoms with Gasteiger partial charge in [0.2, 0.25) is 0 Å². The number of hydrogen-bond donors (Lipinski definition) is 1. The molecular formula is C15H18N2O. The van der Waals surface area contributed by atoms with Crippen molar-refractivity contribution in [3.05, 3.63) is 53.9 Å². The number of aromatic nitrogens is 1. The van der Waals surface area contributed by atoms with Gasteiger partial charge in [-0.1, -0.05) is 19.1 Å². The molecule has 0 atom stereocenters. The normalized spacial score (nSPS) is 10.3. The van der Waals surface area contributed by atoms with Gasteiger partial charge in [-0.15, -0.1) is 0 Å². The van der Waals surface area contributed by atoms with Crippen molar-refractivity contribution in [2.75, 3.05) is 7.05 Å². The molecule has 3 nitrogen and oxygen atoms in total. The van der Waals surface area contributed by atoms with Crippen molar-refractivity contribution < 1.29 is 4.74 Å². The molecule has 0 saturated carbocycles. The van der Waals surface area contributed by atoms with Gasteiger partial charge in [-0.3, -0.25) is 4.98 Å². The van der Waals surface area contributed by atoms with Crippen LogP contribution in [0.2, 0.25) is 0 Å². The molecule has 0 radical (unpaired) electrons. The fraction of sp³-hybridized carbons (Fsp3) is 0.267. The van der Waals surface area contributed by atoms with E-state index in [9.17, 15) is 0 Å². The summed E-state index contributed by atoms with van der Waals surface area (Å²) in [5.41, 5.74) is 2.33. The summed E-state index contributed by atoms with van der Waals surface area (Å²) in [6, 6.07) is 10.1. The number of hydrogen-bond acceptors (Lipinski definition) is 3. The Kier molecular flexibility index (Phi) is 4.31. The quantitative estimate of drug-likeness (QED) is 0.874. The van der Waals surface area contributed by atoms with Gasteiger partial charge in [-0.05, 0) is 37.2 Å². The van der Waals surface area contributed by atoms with E-state index in [1.165, 1.54) is 5.56 Å². The summed E-state index contributed by atoms with van der Waals surface area (Å²) in [4.78, 5) is 4.12. The topological polar surface area (TPSA) is 34.1 Å². The fourth-order valence-corrected chi connectivity index (χ4v) is 1.79. The van der Waals surface area contributed by atoms with Gasteiger partial charge in [-0.2, -0.15) is 0 Å². The number of benzene rings is 1. The molecule has 1 N–H and O–H groups in total. The smallest absolute Gasteiger partial charge is 0.134 e. The summed E-state index contributed by atoms with van der Waals surface area (Å²) in [5.74, 6) is 1.73. The van der Waals surface area contributed by atoms with Crippen LogP contribution in [0.1, 0.15) is 18.1 Å². The highest BCUT2D eigenvalue weighted by atomic mass is 16.5. The van der Waals surface area contributed by atoms with Gasteiger partial charge in [-0.25, -0.2) is 0 Å². The van der Waals surface area contributed by atoms with E-state index in [-0.39, 0.29) is 0 Å². The van der Waals surface area contributed by atoms with E-state index in [1.54, 1.807) is 6.20 Å². The number of ether oxygens (including phenoxy) is 1. The average Bonchev–Trinajstić information content (AvgIpc) is 2.41. The minimum atomic E-state index is 0.747. The number of pyridine rings is 1. The predicted octanol–water partition coefficient (Wildman–Crippen LogP) is 3.16. The van der Waals surface area contributed by atoms with Crippen LogP contribution in [0, 0.1) is 0 Å². The first kappa shape index (κ1) is 12.6. The molecule has 1 heterocycles. The Morgan fingerprint density at radius 1 is 1.28 bits per heavy atom. The highest BCUT2D eigenvalue weighted by molar-refractivity contribution is 5.37. The second-order valence-corrected chi connectivity index (χ2v) is 4.12. The molecule has 0 aliphatic rings. The second-order valence-electron chi connectivity index (χ2n) is 4.12. The molecule has 0 aliphatic heterocycles. The first-order chi connectivity index (χ1) is 8.83. The summed E-state index contributed by atoms with van der Waals surface area (Å²) < 4.78 is 5.92. The van der Waals surface area contributed by atoms with E-state index in [4.69, 9.17) is 4.74 Å². The summed E-state index contributed by atoms with van der Waals surface area (Å²) in [6.07, 6.45) is 4.59. The maximum absolute atomic E-state index is 5.92. The third-order valence-electron chi connectivity index (χ3n) is 2.76. The molecule has 2 aromatic rings. The van der Waals surface area contributed by atoms with Crippen molar-refractivity contribution in [1.82, 2.24) is 10.3 Å². The zero-order chi connectivity index (χ0) is 12.8. The van der Waals surface area contributed by atoms with Crippen LogP contribution < -0.4 is 10.1 Å². The molecule has 94 valence electrons. The van der Waals surface area contributed by atoms with Crippen molar-refractivity contribution in [3.8, 4) is 11.5 Å². The molecule has 2 rings (SSSR count). The van der Waals surface area contributed by atoms with E-state index < -0.39 is 0 Å². The maximum Gasteiger partial charge on any atom is 0.134 e. The lowest BCUT2D eigenvalue weighted by Gasteiger charge is -2.11. The zero-order valence-corrected chi connectivity index (χ0v) is 10.8. The molecule has 0 amide bonds. The number of nitrogens with one attached hydrogen (secondary N) is 1. The monoisotopic (exact) mass is 242 g/mol. The van der Waals surface area contributed by atoms with E-state index >= 15 is 0 Å². The summed E-state index contributed by atoms with van der Waals surface area (Å²) in [5, 5.41) is 3.11. The Bertz CT molecular complexity index is 511. The molecule has 0 bridgehead atoms. The third-order valence-corrected chi connectivity index (χ3v) is 2.76. The van der Waals surface area contributed by atoms with Crippen molar-refractivity contribution in [3.63, 3.8) is 0 Å². The van der Waals surface area contributed by atoms with Gasteiger partial charge in [0.25, 0.3) is 0 Å². The highest BCUT2D eigenvalue weighted by Gasteiger charge is 2.04. The van der Waals surface area contributed by atoms with E-state index in [2.05, 4.69) is 29.4 Å². The Labute approximate surface area is 108 Å². The number of aryl methyl sites for hydroxylation is 1. The standard InChI is InChI=1S/C15H18N2O/c1-3-12-5-4-6-14(9-12)18-15-7-8-17-11-13(15)10-16-2/h4-9,11,16H,3,10H2,1-2H3. The molecule has 0 aliphatic carbocycles. The van der Waals surface area contributed by atoms with Crippen molar-refractivity contribution >= 4 is 0 Å². The molecule has 18 heavy (non-hydrogen) atoms. The highest BCUT2D eigenvalue weighted by Crippen LogP contribution is 2.25. The van der Waals surface area contributed by atoms with Crippen molar-refractivity contribution in [2.45, 2.75) is 19.9 Å². The van der Waals surface area contributed by atoms with Crippen molar-refractivity contribution in [2.24, 2.45) is 0 Å². The molecule has 0 spiro atoms. The van der Waals surface area contributed by atoms with E-state index in [1.807, 2.05) is 31.4 Å². The lowest BCUT2D eigenvalue weighted by molar-refractivity contribution is 0.472. The molecule has 1 aromatic carbocycles. The van der Waals surface area contributed by atoms with E-state index in [0.717, 1.165) is 30.0 Å². The molecule has 0 saturated heterocycles. The second kappa shape index (κ2) is 6.17. The van der Waals surface area contributed by atoms with Crippen LogP contribution in [0.5, 0.6) is 11.5 Å². The van der Waals surface area contributed by atoms with Gasteiger partial charge in [0.1, 0.15) is 11.5 Å². The van der Waals surface area contributed by atoms with Crippen LogP contribution in [0.15, 0.2) is 42.7 Å². The van der Waals surface area contributed by atoms with Crippen LogP contribution in [-0.4, -0.2) is 12.0 Å². The van der Waals surface area contributed by atoms with Crippen LogP contribution in [0.4, 0.5) is 0 Å². The van der Waals surface area contributed by atoms with Crippen LogP contribution in [-0.2, 0) is 13.0 Å². The SMILES string of the molecule is CCc1cccc(Oc2ccncc2CNC)c1. The van der Waals surface area contributed by atoms with Crippen LogP contribution >= 0.6 is 0 Å². The number of nitrogens with zero attached hydrogens (tertiary/aromatic N) is 1. The molecule has 1 aromatic heterocycles. The van der Waals surface area contributed by atoms with E-state index in [0.29, 0.717) is 0 Å². The number of rotatable bonds is 5. The first-order valence-electron chi connectivity index (χ1n) is 6.17. The maximum atomic E-state index is 5.92. The molecule has 0 fully saturated rings. The lowest BCUT2D eigenvalue weighted by Crippen LogP contribution is -2.06. The van der Waals surface area contributed by atoms with Gasteiger partial charge >= 0.3 is 0 Å². The van der Waals surface area contributed by atoms with Gasteiger partial charge in [0.15, 0.2) is 0 Å². The fourth-order valence-electron chi connectivity index (χ4n) is 1.79. The van der Waals surface area contributed by atoms with Gasteiger partial charge in [0, 0.05) is 24.5 Å². The van der Waals surface area contributed by atoms with Crippen LogP contribution in [0.25, 0.3) is 0 Å². The Hall–Kier alpha value is -1.87. The molecular weight excluding hydrogens is 224 g/mol. The minimum Gasteiger partial charge on any atom is -0.457 e. The summed E-state index contributed by atoms with van der Waals surface area (Å²) >= 11 is 0. The van der Waals surface area contributed by atoms with Gasteiger partial charge in [0.05, 0.1) is 0 Å². The molecule has 3 heteroatoms. The Morgan fingerprint density at radius 3 is 2.94 bits per heavy atom. The lowest BCUT2D eigenvalue weighted by atomic mass is 10.1. The van der Waals surface area contributed by atoms with Crippen LogP contribution in [0.3, 0.4) is 0 Å². The Morgan fingerprint density at radius 2 is 2.17 bits per heavy atom. The largest absolute Gasteiger partial charge is 0.457 e. The summed E-state index contributed by atoms with van der Waals surface area (Å²) in [7, 11) is 1.91. The first-order valence-corrected chi connectivity index (χ1v) is 6.17. The third kappa shape index (κ3) is 3.08. The predicted molar refractivity (Wildman–Crippen MR) is 72.9 cm³/mol. The van der Waals surface area contributed by atoms with Crippen molar-refractivity contribution in [1.29, 1.82) is 0 Å². The zero-order valence-electron chi connectivity index (χ0n) is 10.8. The molecule has 0 unspecified atom stereocenters. The minimum absolute atomic E-state index is 0.747. The van der Waals surface area contributed by atoms with Gasteiger partial charge < -0.3 is 10.1 Å².